The van der Waals surface area contributed by atoms with Gasteiger partial charge in [0.05, 0.1) is 6.54 Å². The molecular weight excluding hydrogens is 229 g/mol. The lowest BCUT2D eigenvalue weighted by Crippen LogP contribution is -2.31. The molecule has 0 aliphatic heterocycles. The highest BCUT2D eigenvalue weighted by atomic mass is 19.4. The molecule has 0 aromatic heterocycles. The predicted octanol–water partition coefficient (Wildman–Crippen LogP) is 3.18. The van der Waals surface area contributed by atoms with E-state index < -0.39 is 30.4 Å². The van der Waals surface area contributed by atoms with Crippen LogP contribution in [0.3, 0.4) is 0 Å². The maximum Gasteiger partial charge on any atom is 0.401 e. The lowest BCUT2D eigenvalue weighted by molar-refractivity contribution is -0.126. The van der Waals surface area contributed by atoms with Gasteiger partial charge in [-0.2, -0.15) is 13.2 Å². The van der Waals surface area contributed by atoms with Crippen molar-refractivity contribution in [3.05, 3.63) is 35.4 Å². The van der Waals surface area contributed by atoms with E-state index in [-0.39, 0.29) is 5.56 Å². The van der Waals surface area contributed by atoms with Crippen LogP contribution in [0, 0.1) is 11.6 Å². The number of hydrogen-bond donors (Lipinski definition) is 1. The van der Waals surface area contributed by atoms with Gasteiger partial charge in [0.2, 0.25) is 0 Å². The molecule has 0 fully saturated rings. The van der Waals surface area contributed by atoms with Gasteiger partial charge in [0.15, 0.2) is 0 Å². The van der Waals surface area contributed by atoms with E-state index in [1.807, 2.05) is 0 Å². The largest absolute Gasteiger partial charge is 0.401 e. The molecule has 0 saturated carbocycles. The summed E-state index contributed by atoms with van der Waals surface area (Å²) in [4.78, 5) is 0. The number of halogens is 5. The van der Waals surface area contributed by atoms with Gasteiger partial charge in [0.25, 0.3) is 0 Å². The maximum absolute atomic E-state index is 13.2. The molecule has 1 N–H and O–H groups in total. The molecule has 90 valence electrons. The first-order chi connectivity index (χ1) is 7.29. The van der Waals surface area contributed by atoms with E-state index in [9.17, 15) is 22.0 Å². The van der Waals surface area contributed by atoms with Gasteiger partial charge in [-0.15, -0.1) is 0 Å². The van der Waals surface area contributed by atoms with E-state index in [2.05, 4.69) is 5.32 Å². The number of nitrogens with one attached hydrogen (secondary N) is 1. The second kappa shape index (κ2) is 4.78. The fraction of sp³-hybridized carbons (Fsp3) is 0.400. The minimum atomic E-state index is -4.38. The van der Waals surface area contributed by atoms with Crippen LogP contribution in [0.25, 0.3) is 0 Å². The lowest BCUT2D eigenvalue weighted by Gasteiger charge is -2.16. The highest BCUT2D eigenvalue weighted by molar-refractivity contribution is 5.21. The third kappa shape index (κ3) is 3.77. The predicted molar refractivity (Wildman–Crippen MR) is 48.8 cm³/mol. The molecule has 0 saturated heterocycles. The average molecular weight is 239 g/mol. The summed E-state index contributed by atoms with van der Waals surface area (Å²) in [5.74, 6) is -1.42. The standard InChI is InChI=1S/C10H10F5N/c1-6(16-5-10(13,14)15)8-4-7(11)2-3-9(8)12/h2-4,6,16H,5H2,1H3. The molecule has 0 amide bonds. The van der Waals surface area contributed by atoms with E-state index in [4.69, 9.17) is 0 Å². The van der Waals surface area contributed by atoms with E-state index >= 15 is 0 Å². The smallest absolute Gasteiger partial charge is 0.302 e. The Hall–Kier alpha value is -1.17. The van der Waals surface area contributed by atoms with E-state index in [1.54, 1.807) is 0 Å². The third-order valence-electron chi connectivity index (χ3n) is 2.03. The molecule has 0 radical (unpaired) electrons. The van der Waals surface area contributed by atoms with Crippen molar-refractivity contribution in [1.82, 2.24) is 5.32 Å². The summed E-state index contributed by atoms with van der Waals surface area (Å²) in [6.45, 7) is 0.0910. The molecule has 0 heterocycles. The summed E-state index contributed by atoms with van der Waals surface area (Å²) in [5.41, 5.74) is -0.121. The van der Waals surface area contributed by atoms with E-state index in [0.717, 1.165) is 18.2 Å². The Balaban J connectivity index is 2.73. The zero-order chi connectivity index (χ0) is 12.3. The molecule has 0 bridgehead atoms. The van der Waals surface area contributed by atoms with Crippen LogP contribution in [0.15, 0.2) is 18.2 Å². The molecule has 0 spiro atoms. The zero-order valence-corrected chi connectivity index (χ0v) is 8.41. The molecule has 1 aromatic rings. The second-order valence-electron chi connectivity index (χ2n) is 3.38. The molecule has 0 aliphatic rings. The van der Waals surface area contributed by atoms with Crippen molar-refractivity contribution < 1.29 is 22.0 Å². The topological polar surface area (TPSA) is 12.0 Å². The Morgan fingerprint density at radius 1 is 1.25 bits per heavy atom. The van der Waals surface area contributed by atoms with Crippen LogP contribution in [-0.4, -0.2) is 12.7 Å². The molecular formula is C10H10F5N. The van der Waals surface area contributed by atoms with Crippen molar-refractivity contribution in [2.24, 2.45) is 0 Å². The van der Waals surface area contributed by atoms with Gasteiger partial charge >= 0.3 is 6.18 Å². The molecule has 1 atom stereocenters. The second-order valence-corrected chi connectivity index (χ2v) is 3.38. The van der Waals surface area contributed by atoms with Crippen molar-refractivity contribution >= 4 is 0 Å². The van der Waals surface area contributed by atoms with Gasteiger partial charge in [-0.05, 0) is 25.1 Å². The molecule has 1 unspecified atom stereocenters. The number of alkyl halides is 3. The summed E-state index contributed by atoms with van der Waals surface area (Å²) in [6, 6.07) is 1.77. The van der Waals surface area contributed by atoms with Crippen LogP contribution >= 0.6 is 0 Å². The fourth-order valence-corrected chi connectivity index (χ4v) is 1.23. The Bertz CT molecular complexity index is 361. The summed E-state index contributed by atoms with van der Waals surface area (Å²) in [5, 5.41) is 2.08. The third-order valence-corrected chi connectivity index (χ3v) is 2.03. The van der Waals surface area contributed by atoms with E-state index in [1.165, 1.54) is 6.92 Å². The first-order valence-corrected chi connectivity index (χ1v) is 4.54. The monoisotopic (exact) mass is 239 g/mol. The first-order valence-electron chi connectivity index (χ1n) is 4.54. The number of benzene rings is 1. The van der Waals surface area contributed by atoms with Crippen LogP contribution in [0.2, 0.25) is 0 Å². The summed E-state index contributed by atoms with van der Waals surface area (Å²) < 4.78 is 61.6. The molecule has 1 rings (SSSR count). The molecule has 16 heavy (non-hydrogen) atoms. The average Bonchev–Trinajstić information content (AvgIpc) is 2.17. The molecule has 1 aromatic carbocycles. The van der Waals surface area contributed by atoms with Crippen LogP contribution < -0.4 is 5.32 Å². The zero-order valence-electron chi connectivity index (χ0n) is 8.41. The highest BCUT2D eigenvalue weighted by Crippen LogP contribution is 2.20. The number of hydrogen-bond acceptors (Lipinski definition) is 1. The Morgan fingerprint density at radius 2 is 1.88 bits per heavy atom. The van der Waals surface area contributed by atoms with Gasteiger partial charge in [-0.1, -0.05) is 0 Å². The van der Waals surface area contributed by atoms with Crippen LogP contribution in [0.5, 0.6) is 0 Å². The summed E-state index contributed by atoms with van der Waals surface area (Å²) >= 11 is 0. The minimum absolute atomic E-state index is 0.121. The van der Waals surface area contributed by atoms with Crippen molar-refractivity contribution in [2.75, 3.05) is 6.54 Å². The minimum Gasteiger partial charge on any atom is -0.302 e. The van der Waals surface area contributed by atoms with Gasteiger partial charge in [0, 0.05) is 11.6 Å². The fourth-order valence-electron chi connectivity index (χ4n) is 1.23. The van der Waals surface area contributed by atoms with Gasteiger partial charge in [0.1, 0.15) is 11.6 Å². The van der Waals surface area contributed by atoms with Gasteiger partial charge in [-0.3, -0.25) is 0 Å². The quantitative estimate of drug-likeness (QED) is 0.799. The van der Waals surface area contributed by atoms with Crippen molar-refractivity contribution in [3.8, 4) is 0 Å². The van der Waals surface area contributed by atoms with Crippen LogP contribution in [0.4, 0.5) is 22.0 Å². The highest BCUT2D eigenvalue weighted by Gasteiger charge is 2.27. The summed E-state index contributed by atoms with van der Waals surface area (Å²) in [6.07, 6.45) is -4.38. The van der Waals surface area contributed by atoms with Crippen molar-refractivity contribution in [3.63, 3.8) is 0 Å². The van der Waals surface area contributed by atoms with Crippen molar-refractivity contribution in [1.29, 1.82) is 0 Å². The first kappa shape index (κ1) is 12.9. The normalized spacial score (nSPS) is 13.9. The number of rotatable bonds is 3. The van der Waals surface area contributed by atoms with Crippen LogP contribution in [0.1, 0.15) is 18.5 Å². The molecule has 0 aliphatic carbocycles. The van der Waals surface area contributed by atoms with Gasteiger partial charge < -0.3 is 5.32 Å². The summed E-state index contributed by atoms with van der Waals surface area (Å²) in [7, 11) is 0. The van der Waals surface area contributed by atoms with E-state index in [0.29, 0.717) is 0 Å². The SMILES string of the molecule is CC(NCC(F)(F)F)c1cc(F)ccc1F. The lowest BCUT2D eigenvalue weighted by atomic mass is 10.1. The Kier molecular flexibility index (Phi) is 3.85. The molecule has 1 nitrogen and oxygen atoms in total. The van der Waals surface area contributed by atoms with Gasteiger partial charge in [-0.25, -0.2) is 8.78 Å². The maximum atomic E-state index is 13.2. The Labute approximate surface area is 89.3 Å². The van der Waals surface area contributed by atoms with Crippen molar-refractivity contribution in [2.45, 2.75) is 19.1 Å². The molecule has 6 heteroatoms. The van der Waals surface area contributed by atoms with Crippen LogP contribution in [-0.2, 0) is 0 Å². The Morgan fingerprint density at radius 3 is 2.44 bits per heavy atom.